The van der Waals surface area contributed by atoms with Crippen molar-refractivity contribution in [2.24, 2.45) is 0 Å². The molecule has 3 aliphatic rings. The Morgan fingerprint density at radius 2 is 1.97 bits per heavy atom. The van der Waals surface area contributed by atoms with Crippen LogP contribution < -0.4 is 4.90 Å². The predicted octanol–water partition coefficient (Wildman–Crippen LogP) is 4.08. The van der Waals surface area contributed by atoms with Crippen molar-refractivity contribution < 1.29 is 14.3 Å². The number of benzene rings is 1. The molecular weight excluding hydrogens is 376 g/mol. The van der Waals surface area contributed by atoms with Crippen LogP contribution in [0.2, 0.25) is 0 Å². The van der Waals surface area contributed by atoms with Gasteiger partial charge >= 0.3 is 0 Å². The zero-order valence-electron chi connectivity index (χ0n) is 17.8. The van der Waals surface area contributed by atoms with Crippen LogP contribution in [0.5, 0.6) is 0 Å². The number of rotatable bonds is 7. The van der Waals surface area contributed by atoms with Gasteiger partial charge in [0, 0.05) is 44.9 Å². The van der Waals surface area contributed by atoms with Crippen molar-refractivity contribution in [2.45, 2.75) is 50.4 Å². The average molecular weight is 409 g/mol. The molecule has 0 spiro atoms. The summed E-state index contributed by atoms with van der Waals surface area (Å²) >= 11 is 0. The second kappa shape index (κ2) is 10.1. The van der Waals surface area contributed by atoms with E-state index in [1.165, 1.54) is 5.57 Å². The molecule has 1 fully saturated rings. The van der Waals surface area contributed by atoms with Gasteiger partial charge in [-0.2, -0.15) is 0 Å². The number of carbonyl (C=O) groups excluding carboxylic acids is 1. The van der Waals surface area contributed by atoms with Crippen LogP contribution in [0.1, 0.15) is 32.1 Å². The minimum Gasteiger partial charge on any atom is -0.488 e. The highest BCUT2D eigenvalue weighted by Crippen LogP contribution is 2.27. The number of ether oxygens (including phenoxy) is 2. The van der Waals surface area contributed by atoms with E-state index in [0.717, 1.165) is 51.0 Å². The van der Waals surface area contributed by atoms with Crippen LogP contribution in [0.25, 0.3) is 0 Å². The van der Waals surface area contributed by atoms with Crippen molar-refractivity contribution in [3.8, 4) is 0 Å². The topological polar surface area (TPSA) is 42.0 Å². The Labute approximate surface area is 179 Å². The number of anilines is 1. The lowest BCUT2D eigenvalue weighted by atomic mass is 9.99. The monoisotopic (exact) mass is 408 g/mol. The lowest BCUT2D eigenvalue weighted by molar-refractivity contribution is -0.126. The predicted molar refractivity (Wildman–Crippen MR) is 119 cm³/mol. The standard InChI is InChI=1S/C25H32N2O3/c1-29-23-10-5-7-20(19-23)12-15-26-16-13-22(14-17-26)27(21-8-3-2-4-9-21)25(28)24-11-6-18-30-24/h2-9,18-19,22-24H,10-17H2,1H3. The van der Waals surface area contributed by atoms with E-state index in [-0.39, 0.29) is 24.2 Å². The molecule has 0 N–H and O–H groups in total. The van der Waals surface area contributed by atoms with Crippen molar-refractivity contribution in [3.63, 3.8) is 0 Å². The van der Waals surface area contributed by atoms with E-state index >= 15 is 0 Å². The SMILES string of the molecule is COC1C=C(CCN2CCC(N(C(=O)C3CC=CO3)c3ccccc3)CC2)C=CC1. The smallest absolute Gasteiger partial charge is 0.268 e. The van der Waals surface area contributed by atoms with Crippen molar-refractivity contribution in [3.05, 3.63) is 66.5 Å². The highest BCUT2D eigenvalue weighted by atomic mass is 16.5. The largest absolute Gasteiger partial charge is 0.488 e. The first-order valence-corrected chi connectivity index (χ1v) is 11.1. The third-order valence-electron chi connectivity index (χ3n) is 6.28. The summed E-state index contributed by atoms with van der Waals surface area (Å²) in [5.41, 5.74) is 2.33. The van der Waals surface area contributed by atoms with Crippen LogP contribution in [0.15, 0.2) is 66.5 Å². The van der Waals surface area contributed by atoms with Crippen molar-refractivity contribution >= 4 is 11.6 Å². The third kappa shape index (κ3) is 5.02. The normalized spacial score (nSPS) is 24.5. The van der Waals surface area contributed by atoms with Crippen LogP contribution >= 0.6 is 0 Å². The molecule has 2 aliphatic heterocycles. The summed E-state index contributed by atoms with van der Waals surface area (Å²) in [4.78, 5) is 17.7. The summed E-state index contributed by atoms with van der Waals surface area (Å²) in [6.45, 7) is 3.07. The van der Waals surface area contributed by atoms with Gasteiger partial charge in [0.15, 0.2) is 6.10 Å². The molecule has 1 aromatic carbocycles. The minimum atomic E-state index is -0.387. The van der Waals surface area contributed by atoms with E-state index in [9.17, 15) is 4.79 Å². The fourth-order valence-corrected chi connectivity index (χ4v) is 4.54. The molecule has 0 radical (unpaired) electrons. The molecule has 5 nitrogen and oxygen atoms in total. The number of methoxy groups -OCH3 is 1. The first kappa shape index (κ1) is 20.9. The Morgan fingerprint density at radius 1 is 1.17 bits per heavy atom. The molecule has 2 unspecified atom stereocenters. The lowest BCUT2D eigenvalue weighted by Gasteiger charge is -2.39. The van der Waals surface area contributed by atoms with Gasteiger partial charge < -0.3 is 19.3 Å². The van der Waals surface area contributed by atoms with E-state index in [2.05, 4.69) is 23.1 Å². The average Bonchev–Trinajstić information content (AvgIpc) is 3.35. The van der Waals surface area contributed by atoms with Gasteiger partial charge in [-0.3, -0.25) is 4.79 Å². The molecule has 160 valence electrons. The Hall–Kier alpha value is -2.37. The molecule has 0 aromatic heterocycles. The fraction of sp³-hybridized carbons (Fsp3) is 0.480. The maximum Gasteiger partial charge on any atom is 0.268 e. The van der Waals surface area contributed by atoms with Crippen LogP contribution in [0, 0.1) is 0 Å². The molecule has 0 bridgehead atoms. The number of carbonyl (C=O) groups is 1. The third-order valence-corrected chi connectivity index (χ3v) is 6.28. The van der Waals surface area contributed by atoms with Gasteiger partial charge in [-0.05, 0) is 49.5 Å². The van der Waals surface area contributed by atoms with Gasteiger partial charge in [0.05, 0.1) is 12.4 Å². The zero-order valence-corrected chi connectivity index (χ0v) is 17.8. The van der Waals surface area contributed by atoms with E-state index in [1.54, 1.807) is 13.4 Å². The number of hydrogen-bond acceptors (Lipinski definition) is 4. The summed E-state index contributed by atoms with van der Waals surface area (Å²) < 4.78 is 11.0. The molecule has 1 aliphatic carbocycles. The first-order chi connectivity index (χ1) is 14.7. The van der Waals surface area contributed by atoms with Crippen molar-refractivity contribution in [1.82, 2.24) is 4.90 Å². The molecule has 2 atom stereocenters. The van der Waals surface area contributed by atoms with Crippen LogP contribution in [-0.4, -0.2) is 55.8 Å². The van der Waals surface area contributed by atoms with Crippen LogP contribution in [0.4, 0.5) is 5.69 Å². The van der Waals surface area contributed by atoms with Crippen LogP contribution in [-0.2, 0) is 14.3 Å². The van der Waals surface area contributed by atoms with E-state index in [0.29, 0.717) is 6.42 Å². The van der Waals surface area contributed by atoms with E-state index in [4.69, 9.17) is 9.47 Å². The number of amides is 1. The molecule has 0 saturated carbocycles. The highest BCUT2D eigenvalue weighted by Gasteiger charge is 2.34. The van der Waals surface area contributed by atoms with Gasteiger partial charge in [-0.25, -0.2) is 0 Å². The molecule has 1 aromatic rings. The first-order valence-electron chi connectivity index (χ1n) is 11.1. The number of para-hydroxylation sites is 1. The van der Waals surface area contributed by atoms with Gasteiger partial charge in [0.25, 0.3) is 5.91 Å². The number of likely N-dealkylation sites (tertiary alicyclic amines) is 1. The maximum absolute atomic E-state index is 13.2. The van der Waals surface area contributed by atoms with Crippen molar-refractivity contribution in [2.75, 3.05) is 31.6 Å². The maximum atomic E-state index is 13.2. The lowest BCUT2D eigenvalue weighted by Crippen LogP contribution is -2.50. The molecule has 30 heavy (non-hydrogen) atoms. The summed E-state index contributed by atoms with van der Waals surface area (Å²) in [6, 6.07) is 10.3. The number of allylic oxidation sites excluding steroid dienone is 1. The Morgan fingerprint density at radius 3 is 2.67 bits per heavy atom. The summed E-state index contributed by atoms with van der Waals surface area (Å²) in [5, 5.41) is 0. The summed E-state index contributed by atoms with van der Waals surface area (Å²) in [5.74, 6) is 0.0766. The van der Waals surface area contributed by atoms with Gasteiger partial charge in [-0.1, -0.05) is 36.4 Å². The summed E-state index contributed by atoms with van der Waals surface area (Å²) in [7, 11) is 1.77. The van der Waals surface area contributed by atoms with Gasteiger partial charge in [-0.15, -0.1) is 0 Å². The molecule has 4 rings (SSSR count). The molecule has 1 saturated heterocycles. The molecule has 1 amide bonds. The fourth-order valence-electron chi connectivity index (χ4n) is 4.54. The number of nitrogens with zero attached hydrogens (tertiary/aromatic N) is 2. The quantitative estimate of drug-likeness (QED) is 0.682. The second-order valence-electron chi connectivity index (χ2n) is 8.25. The van der Waals surface area contributed by atoms with E-state index < -0.39 is 0 Å². The molecule has 2 heterocycles. The molecular formula is C25H32N2O3. The Bertz CT molecular complexity index is 786. The van der Waals surface area contributed by atoms with Crippen molar-refractivity contribution in [1.29, 1.82) is 0 Å². The summed E-state index contributed by atoms with van der Waals surface area (Å²) in [6.07, 6.45) is 14.7. The van der Waals surface area contributed by atoms with Crippen LogP contribution in [0.3, 0.4) is 0 Å². The Kier molecular flexibility index (Phi) is 7.03. The Balaban J connectivity index is 1.35. The highest BCUT2D eigenvalue weighted by molar-refractivity contribution is 5.97. The number of piperidine rings is 1. The second-order valence-corrected chi connectivity index (χ2v) is 8.25. The van der Waals surface area contributed by atoms with Gasteiger partial charge in [0.2, 0.25) is 0 Å². The molecule has 5 heteroatoms. The number of hydrogen-bond donors (Lipinski definition) is 0. The zero-order chi connectivity index (χ0) is 20.8. The van der Waals surface area contributed by atoms with E-state index in [1.807, 2.05) is 41.3 Å². The minimum absolute atomic E-state index is 0.0766. The van der Waals surface area contributed by atoms with Gasteiger partial charge in [0.1, 0.15) is 0 Å².